The highest BCUT2D eigenvalue weighted by Crippen LogP contribution is 2.08. The fourth-order valence-corrected chi connectivity index (χ4v) is 1.57. The number of pyridine rings is 1. The van der Waals surface area contributed by atoms with Gasteiger partial charge in [0, 0.05) is 18.9 Å². The minimum absolute atomic E-state index is 0.0280. The summed E-state index contributed by atoms with van der Waals surface area (Å²) in [4.78, 5) is 15.6. The van der Waals surface area contributed by atoms with Gasteiger partial charge in [-0.2, -0.15) is 0 Å². The number of aromatic nitrogens is 1. The van der Waals surface area contributed by atoms with Gasteiger partial charge in [0.05, 0.1) is 13.0 Å². The zero-order chi connectivity index (χ0) is 13.3. The van der Waals surface area contributed by atoms with E-state index in [0.717, 1.165) is 11.3 Å². The third-order valence-corrected chi connectivity index (χ3v) is 2.55. The number of nitrogens with zero attached hydrogens (tertiary/aromatic N) is 1. The average Bonchev–Trinajstić information content (AvgIpc) is 2.47. The molecule has 4 nitrogen and oxygen atoms in total. The Morgan fingerprint density at radius 3 is 2.74 bits per heavy atom. The van der Waals surface area contributed by atoms with Crippen molar-refractivity contribution in [2.75, 3.05) is 6.61 Å². The molecule has 4 heteroatoms. The van der Waals surface area contributed by atoms with E-state index < -0.39 is 0 Å². The van der Waals surface area contributed by atoms with Crippen molar-refractivity contribution in [3.8, 4) is 5.75 Å². The predicted octanol–water partition coefficient (Wildman–Crippen LogP) is 2.17. The normalized spacial score (nSPS) is 9.89. The molecule has 0 fully saturated rings. The number of ether oxygens (including phenoxy) is 1. The number of rotatable bonds is 6. The molecule has 0 atom stereocenters. The molecular weight excluding hydrogens is 240 g/mol. The zero-order valence-corrected chi connectivity index (χ0v) is 10.6. The molecule has 2 aromatic rings. The van der Waals surface area contributed by atoms with Crippen LogP contribution >= 0.6 is 0 Å². The zero-order valence-electron chi connectivity index (χ0n) is 10.6. The van der Waals surface area contributed by atoms with E-state index >= 15 is 0 Å². The summed E-state index contributed by atoms with van der Waals surface area (Å²) in [5.74, 6) is 0.752. The molecule has 2 rings (SSSR count). The predicted molar refractivity (Wildman–Crippen MR) is 72.6 cm³/mol. The van der Waals surface area contributed by atoms with Crippen LogP contribution < -0.4 is 10.1 Å². The lowest BCUT2D eigenvalue weighted by atomic mass is 10.3. The Kier molecular flexibility index (Phi) is 4.93. The largest absolute Gasteiger partial charge is 0.493 e. The van der Waals surface area contributed by atoms with Crippen LogP contribution in [0.4, 0.5) is 0 Å². The third kappa shape index (κ3) is 4.79. The molecule has 1 heterocycles. The van der Waals surface area contributed by atoms with Crippen LogP contribution in [0.3, 0.4) is 0 Å². The van der Waals surface area contributed by atoms with Crippen molar-refractivity contribution >= 4 is 5.91 Å². The molecular formula is C15H16N2O2. The molecule has 0 aliphatic heterocycles. The lowest BCUT2D eigenvalue weighted by Gasteiger charge is -2.07. The molecule has 0 saturated heterocycles. The number of amides is 1. The van der Waals surface area contributed by atoms with Crippen LogP contribution in [0.5, 0.6) is 5.75 Å². The Bertz CT molecular complexity index is 500. The van der Waals surface area contributed by atoms with Gasteiger partial charge < -0.3 is 10.1 Å². The van der Waals surface area contributed by atoms with E-state index in [1.165, 1.54) is 0 Å². The lowest BCUT2D eigenvalue weighted by Crippen LogP contribution is -2.24. The second-order valence-corrected chi connectivity index (χ2v) is 4.05. The molecule has 0 aliphatic carbocycles. The summed E-state index contributed by atoms with van der Waals surface area (Å²) in [7, 11) is 0. The number of carbonyl (C=O) groups excluding carboxylic acids is 1. The minimum Gasteiger partial charge on any atom is -0.493 e. The van der Waals surface area contributed by atoms with Crippen molar-refractivity contribution in [3.05, 3.63) is 60.4 Å². The Morgan fingerprint density at radius 2 is 2.00 bits per heavy atom. The van der Waals surface area contributed by atoms with Crippen LogP contribution in [0.1, 0.15) is 12.0 Å². The van der Waals surface area contributed by atoms with Gasteiger partial charge in [-0.25, -0.2) is 0 Å². The highest BCUT2D eigenvalue weighted by Gasteiger charge is 2.02. The van der Waals surface area contributed by atoms with Crippen molar-refractivity contribution < 1.29 is 9.53 Å². The van der Waals surface area contributed by atoms with Crippen LogP contribution in [0.2, 0.25) is 0 Å². The number of hydrogen-bond donors (Lipinski definition) is 1. The van der Waals surface area contributed by atoms with Crippen molar-refractivity contribution in [3.63, 3.8) is 0 Å². The van der Waals surface area contributed by atoms with Crippen molar-refractivity contribution in [2.45, 2.75) is 13.0 Å². The molecule has 0 radical (unpaired) electrons. The first kappa shape index (κ1) is 13.1. The topological polar surface area (TPSA) is 51.2 Å². The van der Waals surface area contributed by atoms with Gasteiger partial charge in [-0.05, 0) is 23.8 Å². The summed E-state index contributed by atoms with van der Waals surface area (Å²) in [6, 6.07) is 13.2. The van der Waals surface area contributed by atoms with E-state index in [0.29, 0.717) is 19.6 Å². The van der Waals surface area contributed by atoms with Crippen LogP contribution in [-0.2, 0) is 11.3 Å². The van der Waals surface area contributed by atoms with Gasteiger partial charge in [0.1, 0.15) is 5.75 Å². The smallest absolute Gasteiger partial charge is 0.223 e. The summed E-state index contributed by atoms with van der Waals surface area (Å²) in [5.41, 5.74) is 0.986. The Balaban J connectivity index is 1.65. The van der Waals surface area contributed by atoms with E-state index in [4.69, 9.17) is 4.74 Å². The molecule has 0 unspecified atom stereocenters. The highest BCUT2D eigenvalue weighted by molar-refractivity contribution is 5.75. The standard InChI is InChI=1S/C15H16N2O2/c18-15(17-12-13-5-4-9-16-11-13)8-10-19-14-6-2-1-3-7-14/h1-7,9,11H,8,10,12H2,(H,17,18). The fourth-order valence-electron chi connectivity index (χ4n) is 1.57. The number of nitrogens with one attached hydrogen (secondary N) is 1. The number of para-hydroxylation sites is 1. The Labute approximate surface area is 112 Å². The average molecular weight is 256 g/mol. The van der Waals surface area contributed by atoms with Gasteiger partial charge in [-0.3, -0.25) is 9.78 Å². The number of carbonyl (C=O) groups is 1. The first-order valence-corrected chi connectivity index (χ1v) is 6.18. The molecule has 98 valence electrons. The van der Waals surface area contributed by atoms with E-state index in [1.54, 1.807) is 12.4 Å². The SMILES string of the molecule is O=C(CCOc1ccccc1)NCc1cccnc1. The van der Waals surface area contributed by atoms with E-state index in [-0.39, 0.29) is 5.91 Å². The van der Waals surface area contributed by atoms with Gasteiger partial charge in [-0.1, -0.05) is 24.3 Å². The van der Waals surface area contributed by atoms with Crippen molar-refractivity contribution in [1.29, 1.82) is 0 Å². The summed E-state index contributed by atoms with van der Waals surface area (Å²) in [6.07, 6.45) is 3.79. The second kappa shape index (κ2) is 7.16. The number of hydrogen-bond acceptors (Lipinski definition) is 3. The molecule has 0 saturated carbocycles. The third-order valence-electron chi connectivity index (χ3n) is 2.55. The molecule has 1 aromatic carbocycles. The maximum Gasteiger partial charge on any atom is 0.223 e. The second-order valence-electron chi connectivity index (χ2n) is 4.05. The summed E-state index contributed by atoms with van der Waals surface area (Å²) in [6.45, 7) is 0.876. The summed E-state index contributed by atoms with van der Waals surface area (Å²) >= 11 is 0. The maximum atomic E-state index is 11.6. The van der Waals surface area contributed by atoms with E-state index in [1.807, 2.05) is 42.5 Å². The molecule has 1 amide bonds. The van der Waals surface area contributed by atoms with Crippen LogP contribution in [0, 0.1) is 0 Å². The van der Waals surface area contributed by atoms with Gasteiger partial charge in [-0.15, -0.1) is 0 Å². The minimum atomic E-state index is -0.0280. The van der Waals surface area contributed by atoms with Crippen molar-refractivity contribution in [1.82, 2.24) is 10.3 Å². The van der Waals surface area contributed by atoms with Gasteiger partial charge in [0.15, 0.2) is 0 Å². The first-order chi connectivity index (χ1) is 9.34. The van der Waals surface area contributed by atoms with Crippen LogP contribution in [-0.4, -0.2) is 17.5 Å². The van der Waals surface area contributed by atoms with E-state index in [2.05, 4.69) is 10.3 Å². The molecule has 0 aliphatic rings. The lowest BCUT2D eigenvalue weighted by molar-refractivity contribution is -0.121. The summed E-state index contributed by atoms with van der Waals surface area (Å²) < 4.78 is 5.46. The van der Waals surface area contributed by atoms with E-state index in [9.17, 15) is 4.79 Å². The van der Waals surface area contributed by atoms with Gasteiger partial charge in [0.25, 0.3) is 0 Å². The molecule has 0 bridgehead atoms. The van der Waals surface area contributed by atoms with Crippen molar-refractivity contribution in [2.24, 2.45) is 0 Å². The molecule has 1 N–H and O–H groups in total. The molecule has 1 aromatic heterocycles. The molecule has 0 spiro atoms. The van der Waals surface area contributed by atoms with Gasteiger partial charge >= 0.3 is 0 Å². The Morgan fingerprint density at radius 1 is 1.16 bits per heavy atom. The maximum absolute atomic E-state index is 11.6. The quantitative estimate of drug-likeness (QED) is 0.861. The highest BCUT2D eigenvalue weighted by atomic mass is 16.5. The first-order valence-electron chi connectivity index (χ1n) is 6.18. The number of benzene rings is 1. The molecule has 19 heavy (non-hydrogen) atoms. The monoisotopic (exact) mass is 256 g/mol. The Hall–Kier alpha value is -2.36. The fraction of sp³-hybridized carbons (Fsp3) is 0.200. The summed E-state index contributed by atoms with van der Waals surface area (Å²) in [5, 5.41) is 2.83. The van der Waals surface area contributed by atoms with Gasteiger partial charge in [0.2, 0.25) is 5.91 Å². The van der Waals surface area contributed by atoms with Crippen LogP contribution in [0.15, 0.2) is 54.9 Å². The van der Waals surface area contributed by atoms with Crippen LogP contribution in [0.25, 0.3) is 0 Å².